The van der Waals surface area contributed by atoms with Gasteiger partial charge in [0.15, 0.2) is 10.8 Å². The van der Waals surface area contributed by atoms with Crippen molar-refractivity contribution in [1.82, 2.24) is 0 Å². The van der Waals surface area contributed by atoms with Gasteiger partial charge in [-0.3, -0.25) is 4.79 Å². The molecule has 5 rings (SSSR count). The van der Waals surface area contributed by atoms with Crippen LogP contribution in [-0.4, -0.2) is 21.5 Å². The smallest absolute Gasteiger partial charge is 0.208 e. The summed E-state index contributed by atoms with van der Waals surface area (Å²) >= 11 is 1.49. The number of carbonyl (C=O) groups is 1. The Morgan fingerprint density at radius 2 is 1.32 bits per heavy atom. The Hall–Kier alpha value is -3.38. The van der Waals surface area contributed by atoms with Crippen molar-refractivity contribution in [2.75, 3.05) is 10.0 Å². The summed E-state index contributed by atoms with van der Waals surface area (Å²) < 4.78 is 0. The van der Waals surface area contributed by atoms with Gasteiger partial charge < -0.3 is 0 Å². The first-order valence-electron chi connectivity index (χ1n) is 10.3. The van der Waals surface area contributed by atoms with Gasteiger partial charge in [0.05, 0.1) is 17.1 Å². The van der Waals surface area contributed by atoms with Gasteiger partial charge in [-0.05, 0) is 48.0 Å². The first kappa shape index (κ1) is 19.6. The fourth-order valence-electron chi connectivity index (χ4n) is 3.95. The Bertz CT molecular complexity index is 1150. The van der Waals surface area contributed by atoms with Gasteiger partial charge in [-0.25, -0.2) is 10.0 Å². The molecule has 0 fully saturated rings. The molecule has 6 heteroatoms. The average Bonchev–Trinajstić information content (AvgIpc) is 3.21. The van der Waals surface area contributed by atoms with Crippen LogP contribution in [0.2, 0.25) is 0 Å². The highest BCUT2D eigenvalue weighted by atomic mass is 32.2. The zero-order chi connectivity index (χ0) is 21.3. The monoisotopic (exact) mass is 426 g/mol. The zero-order valence-electron chi connectivity index (χ0n) is 17.2. The molecule has 3 aromatic rings. The molecule has 154 valence electrons. The van der Waals surface area contributed by atoms with E-state index in [2.05, 4.69) is 24.3 Å². The first-order valence-corrected chi connectivity index (χ1v) is 11.1. The number of hydrogen-bond acceptors (Lipinski definition) is 6. The second kappa shape index (κ2) is 8.04. The van der Waals surface area contributed by atoms with Crippen molar-refractivity contribution in [1.29, 1.82) is 0 Å². The molecule has 2 aliphatic heterocycles. The minimum atomic E-state index is -0.651. The van der Waals surface area contributed by atoms with E-state index in [4.69, 9.17) is 10.2 Å². The summed E-state index contributed by atoms with van der Waals surface area (Å²) in [6.07, 6.45) is 1.54. The van der Waals surface area contributed by atoms with Crippen LogP contribution in [0.1, 0.15) is 25.3 Å². The van der Waals surface area contributed by atoms with Crippen LogP contribution in [0.25, 0.3) is 0 Å². The van der Waals surface area contributed by atoms with Crippen molar-refractivity contribution in [3.05, 3.63) is 96.6 Å². The second-order valence-electron chi connectivity index (χ2n) is 7.51. The lowest BCUT2D eigenvalue weighted by atomic mass is 10.0. The quantitative estimate of drug-likeness (QED) is 0.553. The van der Waals surface area contributed by atoms with Gasteiger partial charge in [0.1, 0.15) is 0 Å². The number of thioether (sulfide) groups is 1. The number of benzene rings is 3. The maximum Gasteiger partial charge on any atom is 0.208 e. The Morgan fingerprint density at radius 3 is 1.87 bits per heavy atom. The lowest BCUT2D eigenvalue weighted by Gasteiger charge is -2.46. The normalized spacial score (nSPS) is 20.5. The van der Waals surface area contributed by atoms with Gasteiger partial charge in [0, 0.05) is 13.3 Å². The molecule has 0 saturated heterocycles. The SMILES string of the molecule is CC(=O)C1=NN(c2ccccc2)[C@@]2(CCC(c3ccccc3)=NN2c2ccccc2)S1. The van der Waals surface area contributed by atoms with Crippen LogP contribution in [-0.2, 0) is 4.79 Å². The molecule has 0 amide bonds. The molecule has 0 radical (unpaired) electrons. The van der Waals surface area contributed by atoms with E-state index in [0.717, 1.165) is 35.5 Å². The molecule has 5 nitrogen and oxygen atoms in total. The van der Waals surface area contributed by atoms with Gasteiger partial charge in [0.2, 0.25) is 4.99 Å². The molecule has 0 bridgehead atoms. The molecule has 1 atom stereocenters. The summed E-state index contributed by atoms with van der Waals surface area (Å²) in [5.41, 5.74) is 4.04. The number of rotatable bonds is 4. The second-order valence-corrected chi connectivity index (χ2v) is 8.76. The third kappa shape index (κ3) is 3.53. The third-order valence-electron chi connectivity index (χ3n) is 5.43. The number of anilines is 2. The maximum absolute atomic E-state index is 12.3. The maximum atomic E-state index is 12.3. The standard InChI is InChI=1S/C25H22N4OS/c1-19(30)24-27-29(22-15-9-4-10-16-22)25(31-24)18-17-23(20-11-5-2-6-12-20)26-28(25)21-13-7-3-8-14-21/h2-16H,17-18H2,1H3/t25-/m0/s1. The van der Waals surface area contributed by atoms with Crippen LogP contribution in [0.3, 0.4) is 0 Å². The van der Waals surface area contributed by atoms with Gasteiger partial charge in [-0.1, -0.05) is 66.7 Å². The molecule has 0 N–H and O–H groups in total. The molecule has 31 heavy (non-hydrogen) atoms. The topological polar surface area (TPSA) is 48.3 Å². The molecule has 2 heterocycles. The summed E-state index contributed by atoms with van der Waals surface area (Å²) in [5.74, 6) is -0.0337. The highest BCUT2D eigenvalue weighted by molar-refractivity contribution is 8.17. The third-order valence-corrected chi connectivity index (χ3v) is 6.87. The van der Waals surface area contributed by atoms with E-state index < -0.39 is 4.99 Å². The average molecular weight is 427 g/mol. The molecule has 2 aliphatic rings. The number of hydrazone groups is 2. The van der Waals surface area contributed by atoms with E-state index in [1.54, 1.807) is 6.92 Å². The molecule has 0 aromatic heterocycles. The van der Waals surface area contributed by atoms with Crippen molar-refractivity contribution in [2.24, 2.45) is 10.2 Å². The molecule has 0 aliphatic carbocycles. The van der Waals surface area contributed by atoms with Crippen molar-refractivity contribution >= 4 is 39.7 Å². The Kier molecular flexibility index (Phi) is 5.08. The molecule has 0 unspecified atom stereocenters. The minimum Gasteiger partial charge on any atom is -0.292 e. The Labute approximate surface area is 186 Å². The number of nitrogens with zero attached hydrogens (tertiary/aromatic N) is 4. The van der Waals surface area contributed by atoms with Gasteiger partial charge in [-0.15, -0.1) is 0 Å². The van der Waals surface area contributed by atoms with Crippen LogP contribution in [0.5, 0.6) is 0 Å². The fourth-order valence-corrected chi connectivity index (χ4v) is 5.19. The predicted octanol–water partition coefficient (Wildman–Crippen LogP) is 5.50. The zero-order valence-corrected chi connectivity index (χ0v) is 18.0. The van der Waals surface area contributed by atoms with Crippen LogP contribution < -0.4 is 10.0 Å². The largest absolute Gasteiger partial charge is 0.292 e. The summed E-state index contributed by atoms with van der Waals surface area (Å²) in [5, 5.41) is 14.4. The number of Topliss-reactive ketones (excluding diaryl/α,β-unsaturated/α-hetero) is 1. The van der Waals surface area contributed by atoms with E-state index in [1.165, 1.54) is 11.8 Å². The number of para-hydroxylation sites is 2. The first-order chi connectivity index (χ1) is 15.2. The molecular weight excluding hydrogens is 404 g/mol. The van der Waals surface area contributed by atoms with Crippen LogP contribution in [0.15, 0.2) is 101 Å². The highest BCUT2D eigenvalue weighted by Gasteiger charge is 2.52. The molecular formula is C25H22N4OS. The summed E-state index contributed by atoms with van der Waals surface area (Å²) in [6.45, 7) is 1.57. The fraction of sp³-hybridized carbons (Fsp3) is 0.160. The van der Waals surface area contributed by atoms with Gasteiger partial charge in [-0.2, -0.15) is 10.2 Å². The van der Waals surface area contributed by atoms with Crippen molar-refractivity contribution in [3.63, 3.8) is 0 Å². The number of ketones is 1. The summed E-state index contributed by atoms with van der Waals surface area (Å²) in [4.78, 5) is 11.7. The lowest BCUT2D eigenvalue weighted by Crippen LogP contribution is -2.56. The van der Waals surface area contributed by atoms with E-state index in [-0.39, 0.29) is 5.78 Å². The van der Waals surface area contributed by atoms with E-state index in [1.807, 2.05) is 76.7 Å². The Morgan fingerprint density at radius 1 is 0.806 bits per heavy atom. The highest BCUT2D eigenvalue weighted by Crippen LogP contribution is 2.50. The summed E-state index contributed by atoms with van der Waals surface area (Å²) in [7, 11) is 0. The van der Waals surface area contributed by atoms with Gasteiger partial charge in [0.25, 0.3) is 0 Å². The molecule has 0 saturated carbocycles. The van der Waals surface area contributed by atoms with E-state index >= 15 is 0 Å². The summed E-state index contributed by atoms with van der Waals surface area (Å²) in [6, 6.07) is 30.4. The minimum absolute atomic E-state index is 0.0337. The van der Waals surface area contributed by atoms with Crippen LogP contribution in [0.4, 0.5) is 11.4 Å². The predicted molar refractivity (Wildman–Crippen MR) is 128 cm³/mol. The molecule has 1 spiro atoms. The Balaban J connectivity index is 1.67. The van der Waals surface area contributed by atoms with Crippen molar-refractivity contribution in [2.45, 2.75) is 24.8 Å². The van der Waals surface area contributed by atoms with Crippen molar-refractivity contribution < 1.29 is 4.79 Å². The van der Waals surface area contributed by atoms with E-state index in [9.17, 15) is 4.79 Å². The number of hydrogen-bond donors (Lipinski definition) is 0. The van der Waals surface area contributed by atoms with Crippen LogP contribution >= 0.6 is 11.8 Å². The van der Waals surface area contributed by atoms with E-state index in [0.29, 0.717) is 5.04 Å². The van der Waals surface area contributed by atoms with Crippen LogP contribution in [0, 0.1) is 0 Å². The van der Waals surface area contributed by atoms with Gasteiger partial charge >= 0.3 is 0 Å². The lowest BCUT2D eigenvalue weighted by molar-refractivity contribution is -0.110. The number of carbonyl (C=O) groups excluding carboxylic acids is 1. The van der Waals surface area contributed by atoms with Crippen molar-refractivity contribution in [3.8, 4) is 0 Å². The molecule has 3 aromatic carbocycles.